The Bertz CT molecular complexity index is 1690. The zero-order chi connectivity index (χ0) is 37.7. The molecule has 52 heavy (non-hydrogen) atoms. The topological polar surface area (TPSA) is 119 Å². The highest BCUT2D eigenvalue weighted by Crippen LogP contribution is 2.60. The van der Waals surface area contributed by atoms with Crippen molar-refractivity contribution in [1.82, 2.24) is 0 Å². The molecule has 4 saturated carbocycles. The van der Waals surface area contributed by atoms with Gasteiger partial charge in [0.25, 0.3) is 0 Å². The highest BCUT2D eigenvalue weighted by atomic mass is 32.2. The van der Waals surface area contributed by atoms with E-state index in [9.17, 15) is 31.3 Å². The van der Waals surface area contributed by atoms with Gasteiger partial charge in [-0.25, -0.2) is 8.42 Å². The molecule has 0 spiro atoms. The number of hydrogen-bond donors (Lipinski definition) is 0. The largest absolute Gasteiger partial charge is 0.743 e. The van der Waals surface area contributed by atoms with Gasteiger partial charge >= 0.3 is 17.2 Å². The van der Waals surface area contributed by atoms with Crippen LogP contribution in [0.4, 0.5) is 8.78 Å². The lowest BCUT2D eigenvalue weighted by Crippen LogP contribution is -2.52. The van der Waals surface area contributed by atoms with E-state index in [4.69, 9.17) is 14.2 Å². The molecule has 4 aliphatic carbocycles. The summed E-state index contributed by atoms with van der Waals surface area (Å²) in [6, 6.07) is 29.3. The molecule has 0 aromatic heterocycles. The van der Waals surface area contributed by atoms with Crippen molar-refractivity contribution >= 4 is 33.0 Å². The van der Waals surface area contributed by atoms with Gasteiger partial charge in [0.2, 0.25) is 0 Å². The molecule has 282 valence electrons. The number of esters is 2. The monoisotopic (exact) mass is 758 g/mol. The van der Waals surface area contributed by atoms with Crippen molar-refractivity contribution in [2.24, 2.45) is 28.6 Å². The van der Waals surface area contributed by atoms with Crippen molar-refractivity contribution in [3.63, 3.8) is 0 Å². The van der Waals surface area contributed by atoms with Gasteiger partial charge in [0.05, 0.1) is 21.7 Å². The summed E-state index contributed by atoms with van der Waals surface area (Å²) in [5, 5.41) is -4.61. The lowest BCUT2D eigenvalue weighted by molar-refractivity contribution is -0.185. The molecule has 4 bridgehead atoms. The average Bonchev–Trinajstić information content (AvgIpc) is 3.11. The molecule has 1 atom stereocenters. The minimum absolute atomic E-state index is 0.172. The molecular weight excluding hydrogens is 711 g/mol. The van der Waals surface area contributed by atoms with Crippen LogP contribution in [0.2, 0.25) is 0 Å². The second-order valence-electron chi connectivity index (χ2n) is 14.9. The second-order valence-corrected chi connectivity index (χ2v) is 18.4. The standard InChI is InChI=1S/C26H29O3S.C14H20F2O5S/c1-4-26(2,3)25(27)29-20-19-28-21-15-17-24(18-16-21)30(22-11-7-5-8-12-22)23-13-9-6-10-14-23;1-8(14(15,16)22(18,19)20)21-12(17)13-5-9-2-10(6-13)4-11(3-9)7-13/h5-18H,4,19-20H2,1-3H3;8-11H,2-7H2,1H3,(H,18,19,20)/q+1;/p-1. The molecular formula is C40H48F2O8S2. The van der Waals surface area contributed by atoms with Crippen LogP contribution in [-0.4, -0.2) is 49.5 Å². The first kappa shape index (κ1) is 39.7. The summed E-state index contributed by atoms with van der Waals surface area (Å²) in [6.07, 6.45) is 3.59. The fourth-order valence-corrected chi connectivity index (χ4v) is 10.3. The minimum atomic E-state index is -5.86. The molecule has 0 amide bonds. The fraction of sp³-hybridized carbons (Fsp3) is 0.500. The number of alkyl halides is 2. The van der Waals surface area contributed by atoms with E-state index in [1.54, 1.807) is 0 Å². The number of carbonyl (C=O) groups excluding carboxylic acids is 2. The maximum atomic E-state index is 13.5. The predicted octanol–water partition coefficient (Wildman–Crippen LogP) is 8.41. The number of halogens is 2. The normalized spacial score (nSPS) is 23.0. The Morgan fingerprint density at radius 1 is 0.827 bits per heavy atom. The first-order chi connectivity index (χ1) is 24.5. The van der Waals surface area contributed by atoms with E-state index in [2.05, 4.69) is 60.7 Å². The van der Waals surface area contributed by atoms with Crippen molar-refractivity contribution in [1.29, 1.82) is 0 Å². The smallest absolute Gasteiger partial charge is 0.369 e. The third kappa shape index (κ3) is 9.17. The Kier molecular flexibility index (Phi) is 12.4. The van der Waals surface area contributed by atoms with Crippen molar-refractivity contribution in [3.8, 4) is 5.75 Å². The van der Waals surface area contributed by atoms with E-state index in [1.165, 1.54) is 14.7 Å². The van der Waals surface area contributed by atoms with Gasteiger partial charge in [-0.05, 0) is 132 Å². The Balaban J connectivity index is 0.000000210. The maximum Gasteiger partial charge on any atom is 0.369 e. The van der Waals surface area contributed by atoms with Crippen LogP contribution in [0, 0.1) is 28.6 Å². The summed E-state index contributed by atoms with van der Waals surface area (Å²) in [7, 11) is -6.04. The Hall–Kier alpha value is -3.48. The van der Waals surface area contributed by atoms with E-state index in [1.807, 2.05) is 45.0 Å². The second kappa shape index (κ2) is 16.3. The average molecular weight is 759 g/mol. The maximum absolute atomic E-state index is 13.5. The van der Waals surface area contributed by atoms with Crippen molar-refractivity contribution < 1.29 is 45.6 Å². The lowest BCUT2D eigenvalue weighted by Gasteiger charge is -2.55. The van der Waals surface area contributed by atoms with Gasteiger partial charge in [0.15, 0.2) is 30.9 Å². The van der Waals surface area contributed by atoms with Gasteiger partial charge in [-0.1, -0.05) is 43.3 Å². The van der Waals surface area contributed by atoms with Crippen LogP contribution >= 0.6 is 0 Å². The Labute approximate surface area is 308 Å². The third-order valence-corrected chi connectivity index (χ3v) is 13.8. The molecule has 0 saturated heterocycles. The fourth-order valence-electron chi connectivity index (χ4n) is 7.75. The van der Waals surface area contributed by atoms with Crippen LogP contribution in [0.5, 0.6) is 5.75 Å². The van der Waals surface area contributed by atoms with Gasteiger partial charge in [-0.15, -0.1) is 0 Å². The predicted molar refractivity (Wildman–Crippen MR) is 193 cm³/mol. The highest BCUT2D eigenvalue weighted by molar-refractivity contribution is 7.97. The summed E-state index contributed by atoms with van der Waals surface area (Å²) < 4.78 is 74.7. The van der Waals surface area contributed by atoms with Gasteiger partial charge < -0.3 is 18.8 Å². The van der Waals surface area contributed by atoms with Crippen molar-refractivity contribution in [2.45, 2.75) is 98.7 Å². The first-order valence-corrected chi connectivity index (χ1v) is 20.5. The van der Waals surface area contributed by atoms with Gasteiger partial charge in [-0.3, -0.25) is 9.59 Å². The van der Waals surface area contributed by atoms with E-state index in [0.717, 1.165) is 38.4 Å². The third-order valence-electron chi connectivity index (χ3n) is 10.6. The summed E-state index contributed by atoms with van der Waals surface area (Å²) in [5.41, 5.74) is -1.21. The van der Waals surface area contributed by atoms with Gasteiger partial charge in [-0.2, -0.15) is 8.78 Å². The molecule has 0 N–H and O–H groups in total. The first-order valence-electron chi connectivity index (χ1n) is 17.8. The van der Waals surface area contributed by atoms with E-state index in [0.29, 0.717) is 43.6 Å². The molecule has 4 aliphatic rings. The van der Waals surface area contributed by atoms with Crippen LogP contribution in [0.3, 0.4) is 0 Å². The van der Waals surface area contributed by atoms with Crippen LogP contribution in [-0.2, 0) is 40.1 Å². The molecule has 4 fully saturated rings. The van der Waals surface area contributed by atoms with Gasteiger partial charge in [0.1, 0.15) is 19.0 Å². The molecule has 12 heteroatoms. The van der Waals surface area contributed by atoms with Crippen LogP contribution in [0.1, 0.15) is 72.6 Å². The van der Waals surface area contributed by atoms with Gasteiger partial charge in [0, 0.05) is 0 Å². The molecule has 0 heterocycles. The quantitative estimate of drug-likeness (QED) is 0.0738. The molecule has 8 nitrogen and oxygen atoms in total. The zero-order valence-electron chi connectivity index (χ0n) is 30.1. The number of carbonyl (C=O) groups is 2. The van der Waals surface area contributed by atoms with E-state index >= 15 is 0 Å². The SMILES string of the molecule is CC(OC(=O)C12CC3CC(CC(C3)C1)C2)C(F)(F)S(=O)(=O)[O-].CCC(C)(C)C(=O)OCCOc1ccc([S+](c2ccccc2)c2ccccc2)cc1. The van der Waals surface area contributed by atoms with E-state index in [-0.39, 0.29) is 23.5 Å². The summed E-state index contributed by atoms with van der Waals surface area (Å²) >= 11 is 0. The van der Waals surface area contributed by atoms with Crippen LogP contribution < -0.4 is 4.74 Å². The molecule has 1 unspecified atom stereocenters. The number of benzene rings is 3. The molecule has 0 radical (unpaired) electrons. The zero-order valence-corrected chi connectivity index (χ0v) is 31.7. The molecule has 3 aromatic rings. The highest BCUT2D eigenvalue weighted by Gasteiger charge is 2.57. The van der Waals surface area contributed by atoms with Crippen LogP contribution in [0.15, 0.2) is 99.6 Å². The van der Waals surface area contributed by atoms with Crippen molar-refractivity contribution in [2.75, 3.05) is 13.2 Å². The lowest BCUT2D eigenvalue weighted by atomic mass is 9.49. The molecule has 7 rings (SSSR count). The molecule has 3 aromatic carbocycles. The Morgan fingerprint density at radius 2 is 1.29 bits per heavy atom. The summed E-state index contributed by atoms with van der Waals surface area (Å²) in [5.74, 6) is 1.11. The number of hydrogen-bond acceptors (Lipinski definition) is 8. The van der Waals surface area contributed by atoms with Crippen LogP contribution in [0.25, 0.3) is 0 Å². The number of ether oxygens (including phenoxy) is 3. The number of rotatable bonds is 13. The molecule has 0 aliphatic heterocycles. The van der Waals surface area contributed by atoms with E-state index < -0.39 is 38.3 Å². The summed E-state index contributed by atoms with van der Waals surface area (Å²) in [6.45, 7) is 7.12. The Morgan fingerprint density at radius 3 is 1.73 bits per heavy atom. The summed E-state index contributed by atoms with van der Waals surface area (Å²) in [4.78, 5) is 28.2. The van der Waals surface area contributed by atoms with Crippen molar-refractivity contribution in [3.05, 3.63) is 84.9 Å². The minimum Gasteiger partial charge on any atom is -0.743 e.